The number of thiophene rings is 1. The van der Waals surface area contributed by atoms with Gasteiger partial charge >= 0.3 is 0 Å². The van der Waals surface area contributed by atoms with Crippen LogP contribution in [-0.2, 0) is 6.42 Å². The van der Waals surface area contributed by atoms with Crippen LogP contribution in [0.2, 0.25) is 0 Å². The van der Waals surface area contributed by atoms with Crippen molar-refractivity contribution in [1.82, 2.24) is 9.97 Å². The summed E-state index contributed by atoms with van der Waals surface area (Å²) in [6.07, 6.45) is 9.82. The minimum atomic E-state index is 0.263. The van der Waals surface area contributed by atoms with Crippen LogP contribution in [-0.4, -0.2) is 28.1 Å². The van der Waals surface area contributed by atoms with Crippen LogP contribution in [0.3, 0.4) is 0 Å². The quantitative estimate of drug-likeness (QED) is 0.500. The highest BCUT2D eigenvalue weighted by atomic mass is 32.2. The molecule has 0 saturated carbocycles. The molecule has 5 heteroatoms. The molecule has 3 rings (SSSR count). The molecule has 2 aromatic rings. The van der Waals surface area contributed by atoms with Crippen LogP contribution in [0.5, 0.6) is 5.88 Å². The van der Waals surface area contributed by atoms with E-state index >= 15 is 0 Å². The Hall–Kier alpha value is -0.810. The summed E-state index contributed by atoms with van der Waals surface area (Å²) >= 11 is 3.77. The standard InChI is InChI=1S/C17H24N2OS2.2C2H6/c1-4-6-12(5-2)20-16-15-14-11(9-21-3)7-8-13(14)22-17(15)19-10-18-16;2*1-2/h10-12H,4-9H2,1-3H3;2*1-2H3. The van der Waals surface area contributed by atoms with Crippen molar-refractivity contribution in [2.75, 3.05) is 12.0 Å². The van der Waals surface area contributed by atoms with Crippen molar-refractivity contribution in [3.63, 3.8) is 0 Å². The van der Waals surface area contributed by atoms with Crippen molar-refractivity contribution < 1.29 is 4.74 Å². The fraction of sp³-hybridized carbons (Fsp3) is 0.714. The van der Waals surface area contributed by atoms with Gasteiger partial charge in [0.1, 0.15) is 17.3 Å². The number of hydrogen-bond donors (Lipinski definition) is 0. The molecule has 2 heterocycles. The molecule has 148 valence electrons. The van der Waals surface area contributed by atoms with Gasteiger partial charge in [-0.25, -0.2) is 9.97 Å². The monoisotopic (exact) mass is 396 g/mol. The van der Waals surface area contributed by atoms with Crippen molar-refractivity contribution in [2.45, 2.75) is 85.7 Å². The van der Waals surface area contributed by atoms with Gasteiger partial charge in [-0.15, -0.1) is 11.3 Å². The largest absolute Gasteiger partial charge is 0.474 e. The highest BCUT2D eigenvalue weighted by molar-refractivity contribution is 7.98. The zero-order valence-electron chi connectivity index (χ0n) is 17.6. The maximum absolute atomic E-state index is 6.28. The smallest absolute Gasteiger partial charge is 0.225 e. The molecule has 2 unspecified atom stereocenters. The van der Waals surface area contributed by atoms with Gasteiger partial charge in [-0.05, 0) is 49.2 Å². The Morgan fingerprint density at radius 2 is 1.96 bits per heavy atom. The zero-order valence-corrected chi connectivity index (χ0v) is 19.2. The fourth-order valence-corrected chi connectivity index (χ4v) is 5.29. The van der Waals surface area contributed by atoms with Crippen LogP contribution in [0.1, 0.15) is 83.6 Å². The molecule has 3 nitrogen and oxygen atoms in total. The minimum Gasteiger partial charge on any atom is -0.474 e. The second kappa shape index (κ2) is 12.6. The van der Waals surface area contributed by atoms with E-state index in [0.717, 1.165) is 30.0 Å². The molecule has 0 saturated heterocycles. The van der Waals surface area contributed by atoms with Crippen LogP contribution in [0.4, 0.5) is 0 Å². The third-order valence-electron chi connectivity index (χ3n) is 4.41. The van der Waals surface area contributed by atoms with Gasteiger partial charge in [0.05, 0.1) is 5.39 Å². The lowest BCUT2D eigenvalue weighted by Crippen LogP contribution is -2.16. The van der Waals surface area contributed by atoms with E-state index in [1.165, 1.54) is 34.4 Å². The van der Waals surface area contributed by atoms with Gasteiger partial charge in [0, 0.05) is 4.88 Å². The summed E-state index contributed by atoms with van der Waals surface area (Å²) in [7, 11) is 0. The minimum absolute atomic E-state index is 0.263. The van der Waals surface area contributed by atoms with Gasteiger partial charge in [0.25, 0.3) is 0 Å². The number of fused-ring (bicyclic) bond motifs is 3. The van der Waals surface area contributed by atoms with E-state index in [2.05, 4.69) is 30.1 Å². The molecule has 2 atom stereocenters. The molecule has 0 aromatic carbocycles. The average molecular weight is 397 g/mol. The summed E-state index contributed by atoms with van der Waals surface area (Å²) < 4.78 is 6.28. The number of aryl methyl sites for hydroxylation is 1. The Kier molecular flexibility index (Phi) is 11.2. The van der Waals surface area contributed by atoms with Crippen LogP contribution in [0, 0.1) is 0 Å². The molecule has 0 fully saturated rings. The van der Waals surface area contributed by atoms with Gasteiger partial charge in [-0.3, -0.25) is 0 Å². The van der Waals surface area contributed by atoms with E-state index in [1.807, 2.05) is 50.8 Å². The SMILES string of the molecule is CC.CC.CCCC(CC)Oc1ncnc2sc3c(c12)C(CSC)CC3. The maximum atomic E-state index is 6.28. The van der Waals surface area contributed by atoms with Crippen LogP contribution < -0.4 is 4.74 Å². The first-order chi connectivity index (χ1) is 12.8. The topological polar surface area (TPSA) is 35.0 Å². The predicted octanol–water partition coefficient (Wildman–Crippen LogP) is 7.09. The van der Waals surface area contributed by atoms with Crippen molar-refractivity contribution in [3.05, 3.63) is 16.8 Å². The van der Waals surface area contributed by atoms with E-state index in [1.54, 1.807) is 6.33 Å². The Morgan fingerprint density at radius 3 is 2.58 bits per heavy atom. The van der Waals surface area contributed by atoms with Gasteiger partial charge in [-0.2, -0.15) is 11.8 Å². The lowest BCUT2D eigenvalue weighted by atomic mass is 10.0. The lowest BCUT2D eigenvalue weighted by molar-refractivity contribution is 0.180. The normalized spacial score (nSPS) is 16.2. The third kappa shape index (κ3) is 5.35. The highest BCUT2D eigenvalue weighted by Gasteiger charge is 2.30. The van der Waals surface area contributed by atoms with Crippen LogP contribution >= 0.6 is 23.1 Å². The molecule has 0 bridgehead atoms. The summed E-state index contributed by atoms with van der Waals surface area (Å²) in [5.41, 5.74) is 1.48. The number of ether oxygens (including phenoxy) is 1. The average Bonchev–Trinajstić information content (AvgIpc) is 3.25. The summed E-state index contributed by atoms with van der Waals surface area (Å²) in [6.45, 7) is 12.4. The van der Waals surface area contributed by atoms with Gasteiger partial charge < -0.3 is 4.74 Å². The van der Waals surface area contributed by atoms with E-state index in [4.69, 9.17) is 4.74 Å². The van der Waals surface area contributed by atoms with E-state index in [9.17, 15) is 0 Å². The number of nitrogens with zero attached hydrogens (tertiary/aromatic N) is 2. The number of hydrogen-bond acceptors (Lipinski definition) is 5. The Balaban J connectivity index is 0.000000791. The Bertz CT molecular complexity index is 642. The summed E-state index contributed by atoms with van der Waals surface area (Å²) in [4.78, 5) is 11.6. The van der Waals surface area contributed by atoms with Crippen molar-refractivity contribution in [3.8, 4) is 5.88 Å². The number of rotatable bonds is 7. The van der Waals surface area contributed by atoms with E-state index in [-0.39, 0.29) is 6.10 Å². The van der Waals surface area contributed by atoms with Gasteiger partial charge in [0.2, 0.25) is 5.88 Å². The molecular formula is C21H36N2OS2. The molecule has 0 N–H and O–H groups in total. The first kappa shape index (κ1) is 23.2. The molecule has 1 aliphatic carbocycles. The molecule has 0 spiro atoms. The van der Waals surface area contributed by atoms with Crippen molar-refractivity contribution in [1.29, 1.82) is 0 Å². The first-order valence-corrected chi connectivity index (χ1v) is 12.4. The molecule has 0 radical (unpaired) electrons. The van der Waals surface area contributed by atoms with E-state index in [0.29, 0.717) is 5.92 Å². The van der Waals surface area contributed by atoms with Crippen molar-refractivity contribution in [2.24, 2.45) is 0 Å². The molecule has 26 heavy (non-hydrogen) atoms. The highest BCUT2D eigenvalue weighted by Crippen LogP contribution is 2.46. The number of aromatic nitrogens is 2. The molecular weight excluding hydrogens is 360 g/mol. The summed E-state index contributed by atoms with van der Waals surface area (Å²) in [5, 5.41) is 1.20. The zero-order chi connectivity index (χ0) is 19.5. The maximum Gasteiger partial charge on any atom is 0.225 e. The Morgan fingerprint density at radius 1 is 1.23 bits per heavy atom. The summed E-state index contributed by atoms with van der Waals surface area (Å²) in [6, 6.07) is 0. The molecule has 0 amide bonds. The van der Waals surface area contributed by atoms with Crippen LogP contribution in [0.15, 0.2) is 6.33 Å². The fourth-order valence-electron chi connectivity index (χ4n) is 3.32. The second-order valence-electron chi connectivity index (χ2n) is 5.93. The Labute approximate surface area is 168 Å². The number of thioether (sulfide) groups is 1. The van der Waals surface area contributed by atoms with Crippen molar-refractivity contribution >= 4 is 33.3 Å². The lowest BCUT2D eigenvalue weighted by Gasteiger charge is -2.17. The molecule has 1 aliphatic rings. The third-order valence-corrected chi connectivity index (χ3v) is 6.32. The molecule has 0 aliphatic heterocycles. The molecule has 2 aromatic heterocycles. The first-order valence-electron chi connectivity index (χ1n) is 10.2. The van der Waals surface area contributed by atoms with E-state index < -0.39 is 0 Å². The second-order valence-corrected chi connectivity index (χ2v) is 7.92. The van der Waals surface area contributed by atoms with Gasteiger partial charge in [0.15, 0.2) is 0 Å². The predicted molar refractivity (Wildman–Crippen MR) is 119 cm³/mol. The van der Waals surface area contributed by atoms with Gasteiger partial charge in [-0.1, -0.05) is 48.0 Å². The van der Waals surface area contributed by atoms with Crippen LogP contribution in [0.25, 0.3) is 10.2 Å². The summed E-state index contributed by atoms with van der Waals surface area (Å²) in [5.74, 6) is 2.63.